The molecule has 4 N–H and O–H groups in total. The van der Waals surface area contributed by atoms with Crippen molar-refractivity contribution in [3.63, 3.8) is 0 Å². The molecule has 0 aromatic heterocycles. The van der Waals surface area contributed by atoms with Gasteiger partial charge >= 0.3 is 0 Å². The fourth-order valence-electron chi connectivity index (χ4n) is 1.10. The standard InChI is InChI=1S/C10H25N5O/c1-4-5-12-10(14-11)13-6-7-15(2)8-9-16-3/h4-9,11H2,1-3H3,(H2,12,13,14). The van der Waals surface area contributed by atoms with Gasteiger partial charge in [0.25, 0.3) is 0 Å². The third-order valence-corrected chi connectivity index (χ3v) is 2.09. The molecule has 0 saturated heterocycles. The maximum Gasteiger partial charge on any atom is 0.205 e. The Hall–Kier alpha value is -0.850. The van der Waals surface area contributed by atoms with Crippen LogP contribution in [0.5, 0.6) is 0 Å². The number of nitrogens with one attached hydrogen (secondary N) is 2. The van der Waals surface area contributed by atoms with E-state index in [4.69, 9.17) is 10.6 Å². The monoisotopic (exact) mass is 231 g/mol. The molecule has 16 heavy (non-hydrogen) atoms. The summed E-state index contributed by atoms with van der Waals surface area (Å²) in [7, 11) is 3.76. The molecule has 0 aromatic carbocycles. The second kappa shape index (κ2) is 10.7. The molecule has 0 aliphatic heterocycles. The molecule has 0 fully saturated rings. The normalized spacial score (nSPS) is 11.9. The van der Waals surface area contributed by atoms with Crippen molar-refractivity contribution in [1.29, 1.82) is 0 Å². The number of ether oxygens (including phenoxy) is 1. The van der Waals surface area contributed by atoms with E-state index in [1.807, 2.05) is 0 Å². The van der Waals surface area contributed by atoms with Gasteiger partial charge in [-0.2, -0.15) is 0 Å². The minimum Gasteiger partial charge on any atom is -0.383 e. The van der Waals surface area contributed by atoms with Crippen LogP contribution in [-0.4, -0.2) is 57.8 Å². The van der Waals surface area contributed by atoms with Crippen molar-refractivity contribution >= 4 is 5.96 Å². The summed E-state index contributed by atoms with van der Waals surface area (Å²) in [4.78, 5) is 6.43. The zero-order valence-corrected chi connectivity index (χ0v) is 10.6. The van der Waals surface area contributed by atoms with E-state index in [-0.39, 0.29) is 0 Å². The van der Waals surface area contributed by atoms with E-state index in [0.29, 0.717) is 5.96 Å². The van der Waals surface area contributed by atoms with Gasteiger partial charge in [-0.25, -0.2) is 5.84 Å². The van der Waals surface area contributed by atoms with Crippen LogP contribution in [0.25, 0.3) is 0 Å². The first-order valence-corrected chi connectivity index (χ1v) is 5.67. The van der Waals surface area contributed by atoms with Gasteiger partial charge in [0, 0.05) is 33.3 Å². The lowest BCUT2D eigenvalue weighted by Gasteiger charge is -2.17. The van der Waals surface area contributed by atoms with Crippen molar-refractivity contribution in [2.75, 3.05) is 46.9 Å². The van der Waals surface area contributed by atoms with Crippen molar-refractivity contribution in [3.8, 4) is 0 Å². The van der Waals surface area contributed by atoms with Crippen LogP contribution in [0.15, 0.2) is 4.99 Å². The van der Waals surface area contributed by atoms with Gasteiger partial charge in [-0.15, -0.1) is 0 Å². The first-order valence-electron chi connectivity index (χ1n) is 5.67. The van der Waals surface area contributed by atoms with Gasteiger partial charge < -0.3 is 15.0 Å². The number of hydrazine groups is 1. The molecule has 0 aliphatic rings. The second-order valence-corrected chi connectivity index (χ2v) is 3.60. The molecule has 0 aromatic rings. The maximum absolute atomic E-state index is 5.33. The topological polar surface area (TPSA) is 74.9 Å². The van der Waals surface area contributed by atoms with Gasteiger partial charge in [0.2, 0.25) is 5.96 Å². The number of hydrogen-bond donors (Lipinski definition) is 3. The molecule has 0 amide bonds. The van der Waals surface area contributed by atoms with Crippen LogP contribution >= 0.6 is 0 Å². The highest BCUT2D eigenvalue weighted by Crippen LogP contribution is 1.82. The number of guanidine groups is 1. The van der Waals surface area contributed by atoms with E-state index < -0.39 is 0 Å². The van der Waals surface area contributed by atoms with Crippen LogP contribution in [0.3, 0.4) is 0 Å². The molecule has 0 unspecified atom stereocenters. The van der Waals surface area contributed by atoms with Crippen molar-refractivity contribution in [1.82, 2.24) is 15.6 Å². The van der Waals surface area contributed by atoms with Crippen molar-refractivity contribution < 1.29 is 4.74 Å². The molecule has 0 aliphatic carbocycles. The summed E-state index contributed by atoms with van der Waals surface area (Å²) in [6.07, 6.45) is 1.01. The van der Waals surface area contributed by atoms with Crippen molar-refractivity contribution in [2.45, 2.75) is 13.3 Å². The molecule has 0 rings (SSSR count). The minimum atomic E-state index is 0.655. The van der Waals surface area contributed by atoms with Gasteiger partial charge in [0.15, 0.2) is 0 Å². The minimum absolute atomic E-state index is 0.655. The molecule has 0 saturated carbocycles. The van der Waals surface area contributed by atoms with Crippen molar-refractivity contribution in [3.05, 3.63) is 0 Å². The SMILES string of the molecule is CCCN=C(NN)NCCN(C)CCOC. The molecule has 0 heterocycles. The highest BCUT2D eigenvalue weighted by atomic mass is 16.5. The lowest BCUT2D eigenvalue weighted by atomic mass is 10.5. The lowest BCUT2D eigenvalue weighted by molar-refractivity contribution is 0.162. The largest absolute Gasteiger partial charge is 0.383 e. The second-order valence-electron chi connectivity index (χ2n) is 3.60. The van der Waals surface area contributed by atoms with Gasteiger partial charge in [0.05, 0.1) is 6.61 Å². The average Bonchev–Trinajstić information content (AvgIpc) is 2.30. The smallest absolute Gasteiger partial charge is 0.205 e. The maximum atomic E-state index is 5.33. The predicted octanol–water partition coefficient (Wildman–Crippen LogP) is -0.616. The van der Waals surface area contributed by atoms with Gasteiger partial charge in [-0.3, -0.25) is 10.4 Å². The summed E-state index contributed by atoms with van der Waals surface area (Å²) in [5.41, 5.74) is 2.55. The first kappa shape index (κ1) is 15.2. The van der Waals surface area contributed by atoms with Gasteiger partial charge in [-0.1, -0.05) is 6.92 Å². The van der Waals surface area contributed by atoms with Crippen LogP contribution in [0.2, 0.25) is 0 Å². The Labute approximate surface area is 98.2 Å². The Balaban J connectivity index is 3.61. The molecule has 6 nitrogen and oxygen atoms in total. The van der Waals surface area contributed by atoms with E-state index in [0.717, 1.165) is 39.2 Å². The van der Waals surface area contributed by atoms with Crippen LogP contribution in [0, 0.1) is 0 Å². The number of rotatable bonds is 8. The molecular weight excluding hydrogens is 206 g/mol. The van der Waals surface area contributed by atoms with Crippen LogP contribution in [0.1, 0.15) is 13.3 Å². The van der Waals surface area contributed by atoms with Crippen LogP contribution in [0.4, 0.5) is 0 Å². The Kier molecular flexibility index (Phi) is 10.1. The van der Waals surface area contributed by atoms with E-state index in [9.17, 15) is 0 Å². The Morgan fingerprint density at radius 2 is 2.19 bits per heavy atom. The summed E-state index contributed by atoms with van der Waals surface area (Å²) in [6, 6.07) is 0. The summed E-state index contributed by atoms with van der Waals surface area (Å²) in [5.74, 6) is 5.99. The van der Waals surface area contributed by atoms with Crippen molar-refractivity contribution in [2.24, 2.45) is 10.8 Å². The lowest BCUT2D eigenvalue weighted by Crippen LogP contribution is -2.44. The summed E-state index contributed by atoms with van der Waals surface area (Å²) in [5, 5.41) is 3.14. The Bertz CT molecular complexity index is 186. The Morgan fingerprint density at radius 1 is 1.44 bits per heavy atom. The van der Waals surface area contributed by atoms with Crippen LogP contribution in [-0.2, 0) is 4.74 Å². The highest BCUT2D eigenvalue weighted by Gasteiger charge is 1.98. The summed E-state index contributed by atoms with van der Waals surface area (Å²) in [6.45, 7) is 6.28. The number of methoxy groups -OCH3 is 1. The third-order valence-electron chi connectivity index (χ3n) is 2.09. The zero-order valence-electron chi connectivity index (χ0n) is 10.6. The van der Waals surface area contributed by atoms with Gasteiger partial charge in [0.1, 0.15) is 0 Å². The molecule has 0 spiro atoms. The summed E-state index contributed by atoms with van der Waals surface area (Å²) < 4.78 is 5.00. The molecule has 0 radical (unpaired) electrons. The fraction of sp³-hybridized carbons (Fsp3) is 0.900. The predicted molar refractivity (Wildman–Crippen MR) is 67.3 cm³/mol. The number of hydrogen-bond acceptors (Lipinski definition) is 4. The zero-order chi connectivity index (χ0) is 12.2. The third kappa shape index (κ3) is 8.46. The highest BCUT2D eigenvalue weighted by molar-refractivity contribution is 5.79. The fourth-order valence-corrected chi connectivity index (χ4v) is 1.10. The molecule has 0 atom stereocenters. The van der Waals surface area contributed by atoms with E-state index in [1.165, 1.54) is 0 Å². The molecule has 6 heteroatoms. The van der Waals surface area contributed by atoms with Crippen LogP contribution < -0.4 is 16.6 Å². The number of nitrogens with zero attached hydrogens (tertiary/aromatic N) is 2. The molecule has 0 bridgehead atoms. The number of aliphatic imine (C=N–C) groups is 1. The van der Waals surface area contributed by atoms with Gasteiger partial charge in [-0.05, 0) is 13.5 Å². The number of likely N-dealkylation sites (N-methyl/N-ethyl adjacent to an activating group) is 1. The van der Waals surface area contributed by atoms with E-state index in [1.54, 1.807) is 7.11 Å². The van der Waals surface area contributed by atoms with E-state index >= 15 is 0 Å². The molecule has 96 valence electrons. The first-order chi connectivity index (χ1) is 7.74. The quantitative estimate of drug-likeness (QED) is 0.225. The Morgan fingerprint density at radius 3 is 2.75 bits per heavy atom. The number of nitrogens with two attached hydrogens (primary N) is 1. The van der Waals surface area contributed by atoms with E-state index in [2.05, 4.69) is 34.6 Å². The molecular formula is C10H25N5O. The average molecular weight is 231 g/mol. The summed E-state index contributed by atoms with van der Waals surface area (Å²) >= 11 is 0.